The fourth-order valence-electron chi connectivity index (χ4n) is 3.41. The highest BCUT2D eigenvalue weighted by atomic mass is 16.5. The van der Waals surface area contributed by atoms with E-state index in [1.165, 1.54) is 0 Å². The van der Waals surface area contributed by atoms with Gasteiger partial charge in [0.15, 0.2) is 5.96 Å². The molecule has 1 aliphatic rings. The van der Waals surface area contributed by atoms with E-state index in [-0.39, 0.29) is 6.04 Å². The van der Waals surface area contributed by atoms with Gasteiger partial charge in [0, 0.05) is 19.2 Å². The van der Waals surface area contributed by atoms with E-state index in [1.54, 1.807) is 0 Å². The minimum atomic E-state index is 0.00377. The highest BCUT2D eigenvalue weighted by molar-refractivity contribution is 5.94. The topological polar surface area (TPSA) is 94.5 Å². The van der Waals surface area contributed by atoms with Crippen molar-refractivity contribution in [2.75, 3.05) is 51.4 Å². The van der Waals surface area contributed by atoms with Crippen LogP contribution in [0.1, 0.15) is 31.4 Å². The van der Waals surface area contributed by atoms with Gasteiger partial charge in [-0.15, -0.1) is 0 Å². The third-order valence-electron chi connectivity index (χ3n) is 4.84. The first-order valence-electron chi connectivity index (χ1n) is 10.5. The second-order valence-corrected chi connectivity index (χ2v) is 6.99. The molecule has 8 nitrogen and oxygen atoms in total. The van der Waals surface area contributed by atoms with Gasteiger partial charge in [0.2, 0.25) is 0 Å². The maximum Gasteiger partial charge on any atom is 0.193 e. The number of nitrogens with zero attached hydrogens (tertiary/aromatic N) is 2. The van der Waals surface area contributed by atoms with E-state index in [1.807, 2.05) is 51.1 Å². The number of nitrogens with one attached hydrogen (secondary N) is 1. The van der Waals surface area contributed by atoms with Crippen LogP contribution in [0.5, 0.6) is 11.5 Å². The number of ether oxygens (including phenoxy) is 3. The maximum absolute atomic E-state index is 6.22. The van der Waals surface area contributed by atoms with Gasteiger partial charge in [0.25, 0.3) is 0 Å². The molecule has 1 aliphatic heterocycles. The van der Waals surface area contributed by atoms with Gasteiger partial charge in [-0.05, 0) is 45.0 Å². The lowest BCUT2D eigenvalue weighted by atomic mass is 10.1. The van der Waals surface area contributed by atoms with Gasteiger partial charge in [0.1, 0.15) is 23.0 Å². The highest BCUT2D eigenvalue weighted by Crippen LogP contribution is 2.29. The van der Waals surface area contributed by atoms with E-state index in [4.69, 9.17) is 24.4 Å². The van der Waals surface area contributed by atoms with Crippen molar-refractivity contribution >= 4 is 11.6 Å². The average Bonchev–Trinajstić information content (AvgIpc) is 3.17. The molecule has 1 aromatic heterocycles. The van der Waals surface area contributed by atoms with Crippen LogP contribution in [0.3, 0.4) is 0 Å². The van der Waals surface area contributed by atoms with E-state index < -0.39 is 0 Å². The number of morpholine rings is 1. The summed E-state index contributed by atoms with van der Waals surface area (Å²) in [5, 5.41) is 3.16. The first-order valence-corrected chi connectivity index (χ1v) is 10.5. The molecule has 8 heteroatoms. The molecular weight excluding hydrogens is 384 g/mol. The molecule has 2 aromatic rings. The van der Waals surface area contributed by atoms with Crippen molar-refractivity contribution < 1.29 is 18.6 Å². The Bertz CT molecular complexity index is 830. The van der Waals surface area contributed by atoms with Crippen molar-refractivity contribution in [1.29, 1.82) is 0 Å². The van der Waals surface area contributed by atoms with Crippen LogP contribution in [-0.4, -0.2) is 56.9 Å². The van der Waals surface area contributed by atoms with Gasteiger partial charge in [-0.3, -0.25) is 9.89 Å². The molecule has 1 atom stereocenters. The molecule has 0 radical (unpaired) electrons. The monoisotopic (exact) mass is 416 g/mol. The van der Waals surface area contributed by atoms with E-state index in [0.29, 0.717) is 44.7 Å². The fraction of sp³-hybridized carbons (Fsp3) is 0.500. The Hall–Kier alpha value is -2.71. The first-order chi connectivity index (χ1) is 14.6. The van der Waals surface area contributed by atoms with Gasteiger partial charge in [-0.25, -0.2) is 0 Å². The van der Waals surface area contributed by atoms with Crippen molar-refractivity contribution in [2.24, 2.45) is 10.7 Å². The molecule has 3 N–H and O–H groups in total. The van der Waals surface area contributed by atoms with Crippen LogP contribution in [0.4, 0.5) is 5.69 Å². The summed E-state index contributed by atoms with van der Waals surface area (Å²) in [6.45, 7) is 10.5. The molecule has 1 saturated heterocycles. The maximum atomic E-state index is 6.22. The SMILES string of the molecule is CCOc1ccc(OCC)c(NC(N)=NCC(c2ccc(C)o2)N2CCOCC2)c1. The standard InChI is InChI=1S/C22H32N4O4/c1-4-28-17-7-9-20(29-5-2)18(14-17)25-22(23)24-15-19(21-8-6-16(3)30-21)26-10-12-27-13-11-26/h6-9,14,19H,4-5,10-13,15H2,1-3H3,(H3,23,24,25). The molecule has 0 aliphatic carbocycles. The number of benzene rings is 1. The predicted octanol–water partition coefficient (Wildman–Crippen LogP) is 3.19. The number of aliphatic imine (C=N–C) groups is 1. The van der Waals surface area contributed by atoms with Crippen LogP contribution in [-0.2, 0) is 4.74 Å². The molecule has 1 unspecified atom stereocenters. The number of hydrogen-bond donors (Lipinski definition) is 2. The van der Waals surface area contributed by atoms with Crippen molar-refractivity contribution in [2.45, 2.75) is 26.8 Å². The average molecular weight is 417 g/mol. The Morgan fingerprint density at radius 2 is 1.93 bits per heavy atom. The fourth-order valence-corrected chi connectivity index (χ4v) is 3.41. The third-order valence-corrected chi connectivity index (χ3v) is 4.84. The number of guanidine groups is 1. The number of rotatable bonds is 9. The number of nitrogens with two attached hydrogens (primary N) is 1. The summed E-state index contributed by atoms with van der Waals surface area (Å²) in [6, 6.07) is 9.60. The van der Waals surface area contributed by atoms with Crippen LogP contribution in [0.15, 0.2) is 39.7 Å². The quantitative estimate of drug-likeness (QED) is 0.479. The van der Waals surface area contributed by atoms with Gasteiger partial charge in [-0.2, -0.15) is 0 Å². The molecular formula is C22H32N4O4. The van der Waals surface area contributed by atoms with Crippen molar-refractivity contribution in [3.63, 3.8) is 0 Å². The van der Waals surface area contributed by atoms with Crippen molar-refractivity contribution in [3.05, 3.63) is 41.9 Å². The number of aryl methyl sites for hydroxylation is 1. The molecule has 0 amide bonds. The van der Waals surface area contributed by atoms with Crippen LogP contribution >= 0.6 is 0 Å². The summed E-state index contributed by atoms with van der Waals surface area (Å²) < 4.78 is 22.7. The van der Waals surface area contributed by atoms with Crippen LogP contribution in [0.25, 0.3) is 0 Å². The lowest BCUT2D eigenvalue weighted by Crippen LogP contribution is -2.40. The summed E-state index contributed by atoms with van der Waals surface area (Å²) in [5.41, 5.74) is 6.95. The van der Waals surface area contributed by atoms with Crippen LogP contribution in [0, 0.1) is 6.92 Å². The van der Waals surface area contributed by atoms with Crippen LogP contribution < -0.4 is 20.5 Å². The van der Waals surface area contributed by atoms with Gasteiger partial charge >= 0.3 is 0 Å². The first kappa shape index (κ1) is 22.0. The number of furan rings is 1. The highest BCUT2D eigenvalue weighted by Gasteiger charge is 2.25. The van der Waals surface area contributed by atoms with Gasteiger partial charge in [0.05, 0.1) is 44.7 Å². The lowest BCUT2D eigenvalue weighted by molar-refractivity contribution is 0.0135. The van der Waals surface area contributed by atoms with E-state index in [0.717, 1.165) is 36.0 Å². The molecule has 2 heterocycles. The largest absolute Gasteiger partial charge is 0.494 e. The number of anilines is 1. The molecule has 0 bridgehead atoms. The summed E-state index contributed by atoms with van der Waals surface area (Å²) in [7, 11) is 0. The zero-order chi connectivity index (χ0) is 21.3. The Labute approximate surface area is 178 Å². The molecule has 3 rings (SSSR count). The summed E-state index contributed by atoms with van der Waals surface area (Å²) >= 11 is 0. The molecule has 1 fully saturated rings. The minimum absolute atomic E-state index is 0.00377. The van der Waals surface area contributed by atoms with E-state index >= 15 is 0 Å². The van der Waals surface area contributed by atoms with E-state index in [9.17, 15) is 0 Å². The van der Waals surface area contributed by atoms with Crippen molar-refractivity contribution in [3.8, 4) is 11.5 Å². The van der Waals surface area contributed by atoms with E-state index in [2.05, 4.69) is 15.2 Å². The summed E-state index contributed by atoms with van der Waals surface area (Å²) in [5.74, 6) is 3.52. The summed E-state index contributed by atoms with van der Waals surface area (Å²) in [6.07, 6.45) is 0. The Morgan fingerprint density at radius 1 is 1.17 bits per heavy atom. The third kappa shape index (κ3) is 5.90. The molecule has 0 spiro atoms. The normalized spacial score (nSPS) is 16.3. The van der Waals surface area contributed by atoms with Gasteiger partial charge in [-0.1, -0.05) is 0 Å². The number of hydrogen-bond acceptors (Lipinski definition) is 6. The Morgan fingerprint density at radius 3 is 2.60 bits per heavy atom. The smallest absolute Gasteiger partial charge is 0.193 e. The molecule has 0 saturated carbocycles. The second kappa shape index (κ2) is 10.9. The predicted molar refractivity (Wildman–Crippen MR) is 117 cm³/mol. The Balaban J connectivity index is 1.75. The molecule has 164 valence electrons. The Kier molecular flexibility index (Phi) is 7.98. The van der Waals surface area contributed by atoms with Gasteiger partial charge < -0.3 is 29.7 Å². The summed E-state index contributed by atoms with van der Waals surface area (Å²) in [4.78, 5) is 6.92. The zero-order valence-electron chi connectivity index (χ0n) is 18.0. The second-order valence-electron chi connectivity index (χ2n) is 6.99. The molecule has 1 aromatic carbocycles. The lowest BCUT2D eigenvalue weighted by Gasteiger charge is -2.32. The van der Waals surface area contributed by atoms with Crippen molar-refractivity contribution in [1.82, 2.24) is 4.90 Å². The molecule has 30 heavy (non-hydrogen) atoms. The van der Waals surface area contributed by atoms with Crippen LogP contribution in [0.2, 0.25) is 0 Å². The zero-order valence-corrected chi connectivity index (χ0v) is 18.0. The minimum Gasteiger partial charge on any atom is -0.494 e.